The summed E-state index contributed by atoms with van der Waals surface area (Å²) >= 11 is 0. The van der Waals surface area contributed by atoms with Crippen LogP contribution >= 0.6 is 0 Å². The number of amides is 3. The minimum absolute atomic E-state index is 0.0246. The van der Waals surface area contributed by atoms with Crippen LogP contribution in [0.4, 0.5) is 4.79 Å². The molecule has 3 amide bonds. The van der Waals surface area contributed by atoms with Crippen molar-refractivity contribution in [3.63, 3.8) is 0 Å². The highest BCUT2D eigenvalue weighted by molar-refractivity contribution is 5.77. The Morgan fingerprint density at radius 2 is 1.82 bits per heavy atom. The number of fused-ring (bicyclic) bond motifs is 1. The Labute approximate surface area is 166 Å². The number of aliphatic hydroxyl groups is 1. The summed E-state index contributed by atoms with van der Waals surface area (Å²) in [6.07, 6.45) is 2.60. The Morgan fingerprint density at radius 1 is 1.14 bits per heavy atom. The van der Waals surface area contributed by atoms with Crippen LogP contribution < -0.4 is 16.0 Å². The van der Waals surface area contributed by atoms with Crippen LogP contribution in [-0.4, -0.2) is 54.0 Å². The van der Waals surface area contributed by atoms with Crippen LogP contribution in [0.15, 0.2) is 24.3 Å². The van der Waals surface area contributed by atoms with Crippen molar-refractivity contribution in [1.29, 1.82) is 0 Å². The van der Waals surface area contributed by atoms with Crippen LogP contribution in [0.25, 0.3) is 0 Å². The first-order chi connectivity index (χ1) is 13.4. The fraction of sp³-hybridized carbons (Fsp3) is 0.619. The molecule has 2 aliphatic rings. The van der Waals surface area contributed by atoms with E-state index in [-0.39, 0.29) is 49.2 Å². The number of nitrogens with one attached hydrogen (secondary N) is 3. The quantitative estimate of drug-likeness (QED) is 0.589. The van der Waals surface area contributed by atoms with E-state index >= 15 is 0 Å². The zero-order chi connectivity index (χ0) is 20.1. The molecule has 1 fully saturated rings. The number of urea groups is 1. The molecule has 0 radical (unpaired) electrons. The number of hydrogen-bond donors (Lipinski definition) is 4. The zero-order valence-corrected chi connectivity index (χ0v) is 16.6. The summed E-state index contributed by atoms with van der Waals surface area (Å²) in [5.41, 5.74) is 2.60. The second-order valence-corrected chi connectivity index (χ2v) is 8.08. The van der Waals surface area contributed by atoms with E-state index in [0.717, 1.165) is 12.8 Å². The summed E-state index contributed by atoms with van der Waals surface area (Å²) in [5, 5.41) is 18.4. The highest BCUT2D eigenvalue weighted by atomic mass is 16.5. The van der Waals surface area contributed by atoms with Gasteiger partial charge in [0, 0.05) is 12.1 Å². The van der Waals surface area contributed by atoms with Gasteiger partial charge in [-0.2, -0.15) is 0 Å². The average molecular weight is 389 g/mol. The van der Waals surface area contributed by atoms with Gasteiger partial charge in [-0.1, -0.05) is 24.3 Å². The number of carbonyl (C=O) groups excluding carboxylic acids is 2. The summed E-state index contributed by atoms with van der Waals surface area (Å²) in [4.78, 5) is 24.4. The van der Waals surface area contributed by atoms with Crippen molar-refractivity contribution in [2.45, 2.75) is 76.3 Å². The van der Waals surface area contributed by atoms with Gasteiger partial charge in [0.15, 0.2) is 0 Å². The molecule has 7 heteroatoms. The standard InChI is InChI=1S/C21H31N3O4/c1-13(2)22-21(27)24-18-8-7-17(28-19(18)12-25)11-20(26)23-16-9-14-5-3-4-6-15(14)10-16/h3-6,13,16-19,25H,7-12H2,1-2H3,(H,23,26)(H2,22,24,27)/t17-,18+,19-/m0/s1. The Morgan fingerprint density at radius 3 is 2.43 bits per heavy atom. The van der Waals surface area contributed by atoms with Crippen molar-refractivity contribution in [2.75, 3.05) is 6.61 Å². The number of hydrogen-bond acceptors (Lipinski definition) is 4. The van der Waals surface area contributed by atoms with Gasteiger partial charge in [-0.25, -0.2) is 4.79 Å². The molecule has 154 valence electrons. The third-order valence-electron chi connectivity index (χ3n) is 5.36. The van der Waals surface area contributed by atoms with Crippen LogP contribution in [0.2, 0.25) is 0 Å². The normalized spacial score (nSPS) is 24.6. The van der Waals surface area contributed by atoms with Crippen molar-refractivity contribution >= 4 is 11.9 Å². The molecular formula is C21H31N3O4. The van der Waals surface area contributed by atoms with Crippen LogP contribution in [0, 0.1) is 0 Å². The lowest BCUT2D eigenvalue weighted by Crippen LogP contribution is -2.54. The van der Waals surface area contributed by atoms with Gasteiger partial charge >= 0.3 is 6.03 Å². The molecular weight excluding hydrogens is 358 g/mol. The minimum atomic E-state index is -0.500. The van der Waals surface area contributed by atoms with E-state index in [1.807, 2.05) is 26.0 Å². The highest BCUT2D eigenvalue weighted by Crippen LogP contribution is 2.24. The number of aliphatic hydroxyl groups excluding tert-OH is 1. The van der Waals surface area contributed by atoms with Crippen molar-refractivity contribution < 1.29 is 19.4 Å². The fourth-order valence-corrected chi connectivity index (χ4v) is 4.07. The van der Waals surface area contributed by atoms with E-state index in [1.54, 1.807) is 0 Å². The number of benzene rings is 1. The molecule has 3 rings (SSSR count). The van der Waals surface area contributed by atoms with Crippen molar-refractivity contribution in [2.24, 2.45) is 0 Å². The SMILES string of the molecule is CC(C)NC(=O)N[C@@H]1CC[C@@H](CC(=O)NC2Cc3ccccc3C2)O[C@H]1CO. The van der Waals surface area contributed by atoms with Crippen molar-refractivity contribution in [3.05, 3.63) is 35.4 Å². The molecule has 1 aliphatic heterocycles. The van der Waals surface area contributed by atoms with Gasteiger partial charge < -0.3 is 25.8 Å². The Balaban J connectivity index is 1.44. The van der Waals surface area contributed by atoms with Crippen molar-refractivity contribution in [3.8, 4) is 0 Å². The number of carbonyl (C=O) groups is 2. The van der Waals surface area contributed by atoms with Gasteiger partial charge in [-0.05, 0) is 50.7 Å². The molecule has 0 bridgehead atoms. The zero-order valence-electron chi connectivity index (χ0n) is 16.6. The van der Waals surface area contributed by atoms with Gasteiger partial charge in [0.05, 0.1) is 25.2 Å². The highest BCUT2D eigenvalue weighted by Gasteiger charge is 2.33. The van der Waals surface area contributed by atoms with Crippen LogP contribution in [0.5, 0.6) is 0 Å². The molecule has 0 unspecified atom stereocenters. The predicted octanol–water partition coefficient (Wildman–Crippen LogP) is 1.28. The maximum absolute atomic E-state index is 12.5. The molecule has 1 aromatic carbocycles. The maximum Gasteiger partial charge on any atom is 0.315 e. The van der Waals surface area contributed by atoms with E-state index in [2.05, 4.69) is 28.1 Å². The third-order valence-corrected chi connectivity index (χ3v) is 5.36. The first-order valence-corrected chi connectivity index (χ1v) is 10.1. The molecule has 1 aliphatic carbocycles. The summed E-state index contributed by atoms with van der Waals surface area (Å²) in [7, 11) is 0. The first-order valence-electron chi connectivity index (χ1n) is 10.1. The lowest BCUT2D eigenvalue weighted by Gasteiger charge is -2.36. The molecule has 3 atom stereocenters. The second-order valence-electron chi connectivity index (χ2n) is 8.08. The molecule has 4 N–H and O–H groups in total. The van der Waals surface area contributed by atoms with E-state index in [1.165, 1.54) is 11.1 Å². The van der Waals surface area contributed by atoms with Crippen molar-refractivity contribution in [1.82, 2.24) is 16.0 Å². The summed E-state index contributed by atoms with van der Waals surface area (Å²) in [6.45, 7) is 3.58. The smallest absolute Gasteiger partial charge is 0.315 e. The second kappa shape index (κ2) is 9.39. The monoisotopic (exact) mass is 389 g/mol. The van der Waals surface area contributed by atoms with Gasteiger partial charge in [-0.15, -0.1) is 0 Å². The molecule has 0 aromatic heterocycles. The van der Waals surface area contributed by atoms with E-state index in [0.29, 0.717) is 12.8 Å². The summed E-state index contributed by atoms with van der Waals surface area (Å²) in [6, 6.07) is 7.93. The summed E-state index contributed by atoms with van der Waals surface area (Å²) < 4.78 is 5.90. The Hall–Kier alpha value is -2.12. The lowest BCUT2D eigenvalue weighted by atomic mass is 9.97. The van der Waals surface area contributed by atoms with E-state index < -0.39 is 6.10 Å². The summed E-state index contributed by atoms with van der Waals surface area (Å²) in [5.74, 6) is -0.0246. The third kappa shape index (κ3) is 5.45. The van der Waals surface area contributed by atoms with E-state index in [4.69, 9.17) is 4.74 Å². The molecule has 1 heterocycles. The molecule has 7 nitrogen and oxygen atoms in total. The Bertz CT molecular complexity index is 669. The van der Waals surface area contributed by atoms with Gasteiger partial charge in [0.1, 0.15) is 6.10 Å². The molecule has 28 heavy (non-hydrogen) atoms. The molecule has 0 spiro atoms. The first kappa shape index (κ1) is 20.6. The average Bonchev–Trinajstić information content (AvgIpc) is 3.04. The van der Waals surface area contributed by atoms with Gasteiger partial charge in [-0.3, -0.25) is 4.79 Å². The minimum Gasteiger partial charge on any atom is -0.394 e. The number of ether oxygens (including phenoxy) is 1. The lowest BCUT2D eigenvalue weighted by molar-refractivity contribution is -0.131. The maximum atomic E-state index is 12.5. The van der Waals surface area contributed by atoms with Gasteiger partial charge in [0.25, 0.3) is 0 Å². The molecule has 0 saturated carbocycles. The largest absolute Gasteiger partial charge is 0.394 e. The van der Waals surface area contributed by atoms with Gasteiger partial charge in [0.2, 0.25) is 5.91 Å². The topological polar surface area (TPSA) is 99.7 Å². The Kier molecular flexibility index (Phi) is 6.91. The van der Waals surface area contributed by atoms with Crippen LogP contribution in [0.1, 0.15) is 44.2 Å². The number of rotatable bonds is 6. The van der Waals surface area contributed by atoms with E-state index in [9.17, 15) is 14.7 Å². The van der Waals surface area contributed by atoms with Crippen LogP contribution in [-0.2, 0) is 22.4 Å². The predicted molar refractivity (Wildman–Crippen MR) is 106 cm³/mol. The molecule has 1 saturated heterocycles. The van der Waals surface area contributed by atoms with Crippen LogP contribution in [0.3, 0.4) is 0 Å². The molecule has 1 aromatic rings. The fourth-order valence-electron chi connectivity index (χ4n) is 4.07.